The quantitative estimate of drug-likeness (QED) is 0.698. The van der Waals surface area contributed by atoms with Crippen LogP contribution in [-0.2, 0) is 11.2 Å². The largest absolute Gasteiger partial charge is 0.550 e. The van der Waals surface area contributed by atoms with E-state index in [9.17, 15) is 9.90 Å². The average Bonchev–Trinajstić information content (AvgIpc) is 2.22. The molecule has 1 unspecified atom stereocenters. The van der Waals surface area contributed by atoms with Crippen LogP contribution in [0, 0.1) is 0 Å². The molecule has 15 heavy (non-hydrogen) atoms. The lowest BCUT2D eigenvalue weighted by Crippen LogP contribution is -2.36. The molecule has 0 amide bonds. The molecular formula is C12H14NO2-. The summed E-state index contributed by atoms with van der Waals surface area (Å²) in [5.41, 5.74) is 2.40. The van der Waals surface area contributed by atoms with E-state index in [1.807, 2.05) is 25.2 Å². The van der Waals surface area contributed by atoms with Crippen LogP contribution in [0.25, 0.3) is 0 Å². The Kier molecular flexibility index (Phi) is 2.73. The zero-order valence-corrected chi connectivity index (χ0v) is 8.77. The topological polar surface area (TPSA) is 43.4 Å². The number of carbonyl (C=O) groups is 1. The van der Waals surface area contributed by atoms with Crippen molar-refractivity contribution >= 4 is 5.97 Å². The Morgan fingerprint density at radius 1 is 1.53 bits per heavy atom. The van der Waals surface area contributed by atoms with E-state index in [4.69, 9.17) is 0 Å². The highest BCUT2D eigenvalue weighted by molar-refractivity contribution is 5.65. The van der Waals surface area contributed by atoms with E-state index in [2.05, 4.69) is 11.0 Å². The van der Waals surface area contributed by atoms with Crippen LogP contribution >= 0.6 is 0 Å². The van der Waals surface area contributed by atoms with E-state index in [1.165, 1.54) is 5.56 Å². The second-order valence-electron chi connectivity index (χ2n) is 4.02. The molecule has 0 aliphatic carbocycles. The lowest BCUT2D eigenvalue weighted by molar-refractivity contribution is -0.307. The van der Waals surface area contributed by atoms with Gasteiger partial charge in [0.1, 0.15) is 0 Å². The Balaban J connectivity index is 2.32. The van der Waals surface area contributed by atoms with Crippen LogP contribution in [0.2, 0.25) is 0 Å². The number of likely N-dealkylation sites (N-methyl/N-ethyl adjacent to an activating group) is 1. The van der Waals surface area contributed by atoms with Gasteiger partial charge in [-0.3, -0.25) is 4.90 Å². The lowest BCUT2D eigenvalue weighted by atomic mass is 9.91. The monoisotopic (exact) mass is 204 g/mol. The molecule has 1 heterocycles. The molecule has 1 aromatic carbocycles. The summed E-state index contributed by atoms with van der Waals surface area (Å²) in [5, 5.41) is 10.7. The Morgan fingerprint density at radius 2 is 2.27 bits per heavy atom. The summed E-state index contributed by atoms with van der Waals surface area (Å²) in [6.45, 7) is 0.912. The molecule has 1 aliphatic rings. The molecule has 0 bridgehead atoms. The van der Waals surface area contributed by atoms with Crippen LogP contribution in [0.5, 0.6) is 0 Å². The van der Waals surface area contributed by atoms with Crippen LogP contribution in [0.15, 0.2) is 24.3 Å². The van der Waals surface area contributed by atoms with Gasteiger partial charge in [-0.2, -0.15) is 0 Å². The van der Waals surface area contributed by atoms with Crippen LogP contribution < -0.4 is 5.11 Å². The van der Waals surface area contributed by atoms with Crippen LogP contribution in [0.3, 0.4) is 0 Å². The number of fused-ring (bicyclic) bond motifs is 1. The van der Waals surface area contributed by atoms with E-state index in [0.717, 1.165) is 18.5 Å². The summed E-state index contributed by atoms with van der Waals surface area (Å²) < 4.78 is 0. The number of aliphatic carboxylic acids is 1. The van der Waals surface area contributed by atoms with Gasteiger partial charge in [-0.15, -0.1) is 0 Å². The van der Waals surface area contributed by atoms with Gasteiger partial charge in [0.05, 0.1) is 0 Å². The number of rotatable bonds is 2. The molecule has 0 fully saturated rings. The molecule has 1 aliphatic heterocycles. The number of carboxylic acid groups (broad SMARTS) is 1. The molecule has 0 N–H and O–H groups in total. The van der Waals surface area contributed by atoms with E-state index in [1.54, 1.807) is 0 Å². The fraction of sp³-hybridized carbons (Fsp3) is 0.417. The van der Waals surface area contributed by atoms with Crippen molar-refractivity contribution in [3.8, 4) is 0 Å². The predicted octanol–water partition coefficient (Wildman–Crippen LogP) is 0.356. The molecule has 3 nitrogen and oxygen atoms in total. The first kappa shape index (κ1) is 10.2. The van der Waals surface area contributed by atoms with E-state index in [-0.39, 0.29) is 12.5 Å². The van der Waals surface area contributed by atoms with Gasteiger partial charge >= 0.3 is 0 Å². The number of benzene rings is 1. The Bertz CT molecular complexity index is 376. The first-order chi connectivity index (χ1) is 7.18. The fourth-order valence-corrected chi connectivity index (χ4v) is 2.20. The smallest absolute Gasteiger partial charge is 0.0433 e. The number of nitrogens with zero attached hydrogens (tertiary/aromatic N) is 1. The third-order valence-corrected chi connectivity index (χ3v) is 3.04. The number of carbonyl (C=O) groups excluding carboxylic acids is 1. The second kappa shape index (κ2) is 4.03. The highest BCUT2D eigenvalue weighted by Crippen LogP contribution is 2.30. The summed E-state index contributed by atoms with van der Waals surface area (Å²) in [5.74, 6) is -0.983. The SMILES string of the molecule is CN1CCc2ccccc2C1CC(=O)[O-]. The normalized spacial score (nSPS) is 21.0. The molecule has 3 heteroatoms. The van der Waals surface area contributed by atoms with Gasteiger partial charge in [0.2, 0.25) is 0 Å². The predicted molar refractivity (Wildman–Crippen MR) is 55.1 cm³/mol. The number of carboxylic acids is 1. The third kappa shape index (κ3) is 2.02. The highest BCUT2D eigenvalue weighted by Gasteiger charge is 2.23. The van der Waals surface area contributed by atoms with Gasteiger partial charge < -0.3 is 9.90 Å². The molecule has 1 atom stereocenters. The Labute approximate surface area is 89.3 Å². The summed E-state index contributed by atoms with van der Waals surface area (Å²) in [6, 6.07) is 8.02. The zero-order valence-electron chi connectivity index (χ0n) is 8.77. The average molecular weight is 204 g/mol. The van der Waals surface area contributed by atoms with Gasteiger partial charge in [-0.05, 0) is 24.6 Å². The number of hydrogen-bond acceptors (Lipinski definition) is 3. The molecule has 80 valence electrons. The molecule has 0 radical (unpaired) electrons. The number of hydrogen-bond donors (Lipinski definition) is 0. The van der Waals surface area contributed by atoms with E-state index >= 15 is 0 Å². The van der Waals surface area contributed by atoms with Crippen molar-refractivity contribution in [3.63, 3.8) is 0 Å². The summed E-state index contributed by atoms with van der Waals surface area (Å²) in [6.07, 6.45) is 1.07. The van der Waals surface area contributed by atoms with Crippen LogP contribution in [0.1, 0.15) is 23.6 Å². The lowest BCUT2D eigenvalue weighted by Gasteiger charge is -2.34. The summed E-state index contributed by atoms with van der Waals surface area (Å²) in [4.78, 5) is 12.8. The van der Waals surface area contributed by atoms with Gasteiger partial charge in [0.15, 0.2) is 0 Å². The summed E-state index contributed by atoms with van der Waals surface area (Å²) >= 11 is 0. The second-order valence-corrected chi connectivity index (χ2v) is 4.02. The maximum Gasteiger partial charge on any atom is 0.0433 e. The van der Waals surface area contributed by atoms with Crippen molar-refractivity contribution in [2.75, 3.05) is 13.6 Å². The molecule has 0 saturated carbocycles. The summed E-state index contributed by atoms with van der Waals surface area (Å²) in [7, 11) is 1.96. The minimum Gasteiger partial charge on any atom is -0.550 e. The van der Waals surface area contributed by atoms with E-state index < -0.39 is 5.97 Å². The van der Waals surface area contributed by atoms with Crippen molar-refractivity contribution in [2.45, 2.75) is 18.9 Å². The molecule has 0 spiro atoms. The van der Waals surface area contributed by atoms with Crippen molar-refractivity contribution in [1.29, 1.82) is 0 Å². The third-order valence-electron chi connectivity index (χ3n) is 3.04. The maximum atomic E-state index is 10.7. The first-order valence-electron chi connectivity index (χ1n) is 5.16. The van der Waals surface area contributed by atoms with Gasteiger partial charge in [0, 0.05) is 25.0 Å². The minimum absolute atomic E-state index is 0.0278. The van der Waals surface area contributed by atoms with Crippen molar-refractivity contribution in [1.82, 2.24) is 4.90 Å². The fourth-order valence-electron chi connectivity index (χ4n) is 2.20. The van der Waals surface area contributed by atoms with E-state index in [0.29, 0.717) is 0 Å². The standard InChI is InChI=1S/C12H15NO2/c1-13-7-6-9-4-2-3-5-10(9)11(13)8-12(14)15/h2-5,11H,6-8H2,1H3,(H,14,15)/p-1. The molecule has 0 saturated heterocycles. The highest BCUT2D eigenvalue weighted by atomic mass is 16.4. The molecule has 1 aromatic rings. The van der Waals surface area contributed by atoms with Crippen LogP contribution in [0.4, 0.5) is 0 Å². The van der Waals surface area contributed by atoms with Crippen molar-refractivity contribution < 1.29 is 9.90 Å². The Morgan fingerprint density at radius 3 is 3.00 bits per heavy atom. The molecule has 2 rings (SSSR count). The zero-order chi connectivity index (χ0) is 10.8. The van der Waals surface area contributed by atoms with Gasteiger partial charge in [-0.25, -0.2) is 0 Å². The molecule has 0 aromatic heterocycles. The molecular weight excluding hydrogens is 190 g/mol. The Hall–Kier alpha value is -1.35. The first-order valence-corrected chi connectivity index (χ1v) is 5.16. The maximum absolute atomic E-state index is 10.7. The van der Waals surface area contributed by atoms with Crippen molar-refractivity contribution in [3.05, 3.63) is 35.4 Å². The van der Waals surface area contributed by atoms with Gasteiger partial charge in [-0.1, -0.05) is 24.3 Å². The van der Waals surface area contributed by atoms with Gasteiger partial charge in [0.25, 0.3) is 0 Å². The minimum atomic E-state index is -0.983. The van der Waals surface area contributed by atoms with Crippen molar-refractivity contribution in [2.24, 2.45) is 0 Å². The van der Waals surface area contributed by atoms with Crippen LogP contribution in [-0.4, -0.2) is 24.5 Å².